The lowest BCUT2D eigenvalue weighted by Gasteiger charge is -2.33. The molecule has 0 amide bonds. The number of piperidine rings is 1. The minimum Gasteiger partial charge on any atom is -0.300 e. The molecule has 0 N–H and O–H groups in total. The third-order valence-corrected chi connectivity index (χ3v) is 5.17. The number of hydrogen-bond acceptors (Lipinski definition) is 2. The number of pyridine rings is 1. The van der Waals surface area contributed by atoms with Gasteiger partial charge >= 0.3 is 0 Å². The Morgan fingerprint density at radius 3 is 2.55 bits per heavy atom. The summed E-state index contributed by atoms with van der Waals surface area (Å²) in [5.74, 6) is 0.705. The van der Waals surface area contributed by atoms with Gasteiger partial charge in [0.2, 0.25) is 0 Å². The first-order chi connectivity index (χ1) is 9.69. The lowest BCUT2D eigenvalue weighted by Crippen LogP contribution is -2.35. The van der Waals surface area contributed by atoms with Crippen molar-refractivity contribution < 1.29 is 0 Å². The van der Waals surface area contributed by atoms with Gasteiger partial charge in [-0.25, -0.2) is 4.98 Å². The molecular formula is C17H23BrN2. The fraction of sp³-hybridized carbons (Fsp3) is 0.588. The second-order valence-corrected chi connectivity index (χ2v) is 6.92. The van der Waals surface area contributed by atoms with Gasteiger partial charge in [0.25, 0.3) is 0 Å². The van der Waals surface area contributed by atoms with E-state index in [0.29, 0.717) is 5.92 Å². The van der Waals surface area contributed by atoms with Crippen LogP contribution < -0.4 is 0 Å². The maximum Gasteiger partial charge on any atom is 0.106 e. The average molecular weight is 335 g/mol. The lowest BCUT2D eigenvalue weighted by molar-refractivity contribution is 0.197. The van der Waals surface area contributed by atoms with E-state index >= 15 is 0 Å². The predicted molar refractivity (Wildman–Crippen MR) is 87.6 cm³/mol. The molecule has 0 unspecified atom stereocenters. The van der Waals surface area contributed by atoms with E-state index in [4.69, 9.17) is 0 Å². The summed E-state index contributed by atoms with van der Waals surface area (Å²) in [6.07, 6.45) is 9.78. The minimum absolute atomic E-state index is 0.705. The molecule has 2 aliphatic rings. The average Bonchev–Trinajstić information content (AvgIpc) is 3.27. The molecule has 1 aliphatic heterocycles. The summed E-state index contributed by atoms with van der Waals surface area (Å²) < 4.78 is 0.928. The van der Waals surface area contributed by atoms with Crippen molar-refractivity contribution >= 4 is 21.5 Å². The fourth-order valence-electron chi connectivity index (χ4n) is 3.45. The second kappa shape index (κ2) is 5.98. The van der Waals surface area contributed by atoms with E-state index in [2.05, 4.69) is 51.8 Å². The van der Waals surface area contributed by atoms with Crippen molar-refractivity contribution in [1.82, 2.24) is 9.88 Å². The first kappa shape index (κ1) is 14.3. The van der Waals surface area contributed by atoms with Crippen LogP contribution in [0, 0.1) is 12.8 Å². The van der Waals surface area contributed by atoms with Gasteiger partial charge in [-0.2, -0.15) is 0 Å². The minimum atomic E-state index is 0.705. The van der Waals surface area contributed by atoms with Gasteiger partial charge in [0, 0.05) is 12.2 Å². The van der Waals surface area contributed by atoms with Crippen molar-refractivity contribution in [3.8, 4) is 0 Å². The highest BCUT2D eigenvalue weighted by molar-refractivity contribution is 9.10. The summed E-state index contributed by atoms with van der Waals surface area (Å²) in [6, 6.07) is 3.04. The van der Waals surface area contributed by atoms with Gasteiger partial charge < -0.3 is 4.90 Å². The van der Waals surface area contributed by atoms with E-state index in [1.165, 1.54) is 55.5 Å². The molecule has 3 rings (SSSR count). The lowest BCUT2D eigenvalue weighted by atomic mass is 9.84. The largest absolute Gasteiger partial charge is 0.300 e. The quantitative estimate of drug-likeness (QED) is 0.760. The number of aryl methyl sites for hydroxylation is 1. The molecule has 1 aromatic rings. The summed E-state index contributed by atoms with van der Waals surface area (Å²) in [5.41, 5.74) is 4.16. The van der Waals surface area contributed by atoms with Crippen LogP contribution in [0.5, 0.6) is 0 Å². The molecular weight excluding hydrogens is 312 g/mol. The number of hydrogen-bond donors (Lipinski definition) is 0. The Balaban J connectivity index is 1.73. The van der Waals surface area contributed by atoms with Crippen molar-refractivity contribution in [1.29, 1.82) is 0 Å². The van der Waals surface area contributed by atoms with Crippen LogP contribution in [-0.4, -0.2) is 29.0 Å². The highest BCUT2D eigenvalue weighted by atomic mass is 79.9. The van der Waals surface area contributed by atoms with Gasteiger partial charge in [0.1, 0.15) is 4.60 Å². The van der Waals surface area contributed by atoms with Crippen LogP contribution in [-0.2, 0) is 0 Å². The number of aromatic nitrogens is 1. The van der Waals surface area contributed by atoms with Crippen LogP contribution >= 0.6 is 15.9 Å². The zero-order chi connectivity index (χ0) is 14.1. The van der Waals surface area contributed by atoms with Crippen LogP contribution in [0.2, 0.25) is 0 Å². The summed E-state index contributed by atoms with van der Waals surface area (Å²) in [7, 11) is 0. The highest BCUT2D eigenvalue weighted by Gasteiger charge is 2.32. The Hall–Kier alpha value is -0.670. The van der Waals surface area contributed by atoms with Crippen LogP contribution in [0.1, 0.15) is 43.7 Å². The van der Waals surface area contributed by atoms with Crippen LogP contribution in [0.3, 0.4) is 0 Å². The van der Waals surface area contributed by atoms with Crippen molar-refractivity contribution in [2.24, 2.45) is 5.92 Å². The van der Waals surface area contributed by atoms with E-state index in [1.807, 2.05) is 6.20 Å². The normalized spacial score (nSPS) is 22.2. The molecule has 0 bridgehead atoms. The van der Waals surface area contributed by atoms with Gasteiger partial charge in [-0.15, -0.1) is 0 Å². The molecule has 1 saturated heterocycles. The van der Waals surface area contributed by atoms with Crippen molar-refractivity contribution in [3.63, 3.8) is 0 Å². The molecule has 0 spiro atoms. The molecule has 1 aromatic heterocycles. The molecule has 108 valence electrons. The molecule has 1 aliphatic carbocycles. The monoisotopic (exact) mass is 334 g/mol. The molecule has 0 atom stereocenters. The van der Waals surface area contributed by atoms with E-state index in [1.54, 1.807) is 0 Å². The Bertz CT molecular complexity index is 512. The molecule has 3 heteroatoms. The third kappa shape index (κ3) is 2.99. The third-order valence-electron chi connectivity index (χ3n) is 4.73. The second-order valence-electron chi connectivity index (χ2n) is 6.11. The Morgan fingerprint density at radius 1 is 1.30 bits per heavy atom. The molecule has 0 radical (unpaired) electrons. The van der Waals surface area contributed by atoms with Crippen LogP contribution in [0.4, 0.5) is 0 Å². The Morgan fingerprint density at radius 2 is 2.00 bits per heavy atom. The Labute approximate surface area is 130 Å². The van der Waals surface area contributed by atoms with E-state index in [0.717, 1.165) is 10.6 Å². The molecule has 2 heterocycles. The zero-order valence-electron chi connectivity index (χ0n) is 12.4. The smallest absolute Gasteiger partial charge is 0.106 e. The van der Waals surface area contributed by atoms with Gasteiger partial charge in [0.15, 0.2) is 0 Å². The summed E-state index contributed by atoms with van der Waals surface area (Å²) in [4.78, 5) is 7.11. The number of allylic oxidation sites excluding steroid dienone is 2. The zero-order valence-corrected chi connectivity index (χ0v) is 14.0. The number of rotatable bonds is 3. The van der Waals surface area contributed by atoms with Gasteiger partial charge in [-0.3, -0.25) is 0 Å². The topological polar surface area (TPSA) is 16.1 Å². The number of nitrogens with zero attached hydrogens (tertiary/aromatic N) is 2. The first-order valence-corrected chi connectivity index (χ1v) is 8.51. The van der Waals surface area contributed by atoms with Gasteiger partial charge in [0.05, 0.1) is 0 Å². The van der Waals surface area contributed by atoms with Gasteiger partial charge in [-0.05, 0) is 97.2 Å². The molecule has 20 heavy (non-hydrogen) atoms. The molecule has 2 nitrogen and oxygen atoms in total. The SMILES string of the molecule is C/C=C(\c1cnc(Br)cc1C)C1CCN(C2CC2)CC1. The van der Waals surface area contributed by atoms with E-state index in [-0.39, 0.29) is 0 Å². The van der Waals surface area contributed by atoms with Crippen molar-refractivity contribution in [2.75, 3.05) is 13.1 Å². The predicted octanol–water partition coefficient (Wildman–Crippen LogP) is 4.43. The summed E-state index contributed by atoms with van der Waals surface area (Å²) in [6.45, 7) is 6.90. The fourth-order valence-corrected chi connectivity index (χ4v) is 3.90. The summed E-state index contributed by atoms with van der Waals surface area (Å²) in [5, 5.41) is 0. The first-order valence-electron chi connectivity index (χ1n) is 7.72. The van der Waals surface area contributed by atoms with E-state index in [9.17, 15) is 0 Å². The van der Waals surface area contributed by atoms with Crippen molar-refractivity contribution in [3.05, 3.63) is 34.1 Å². The number of likely N-dealkylation sites (tertiary alicyclic amines) is 1. The highest BCUT2D eigenvalue weighted by Crippen LogP contribution is 2.37. The molecule has 0 aromatic carbocycles. The van der Waals surface area contributed by atoms with E-state index < -0.39 is 0 Å². The standard InChI is InChI=1S/C17H23BrN2/c1-3-15(16-11-19-17(18)10-12(16)2)13-6-8-20(9-7-13)14-4-5-14/h3,10-11,13-14H,4-9H2,1-2H3/b15-3-. The van der Waals surface area contributed by atoms with Crippen LogP contribution in [0.15, 0.2) is 22.9 Å². The van der Waals surface area contributed by atoms with Crippen molar-refractivity contribution in [2.45, 2.75) is 45.6 Å². The molecule has 1 saturated carbocycles. The van der Waals surface area contributed by atoms with Gasteiger partial charge in [-0.1, -0.05) is 6.08 Å². The molecule has 2 fully saturated rings. The Kier molecular flexibility index (Phi) is 4.27. The maximum absolute atomic E-state index is 4.42. The summed E-state index contributed by atoms with van der Waals surface area (Å²) >= 11 is 3.46. The number of halogens is 1. The van der Waals surface area contributed by atoms with Crippen LogP contribution in [0.25, 0.3) is 5.57 Å². The maximum atomic E-state index is 4.42.